The topological polar surface area (TPSA) is 62.6 Å². The molecule has 1 heterocycles. The van der Waals surface area contributed by atoms with Crippen LogP contribution in [-0.4, -0.2) is 34.2 Å². The summed E-state index contributed by atoms with van der Waals surface area (Å²) < 4.78 is 5.00. The molecule has 5 heteroatoms. The van der Waals surface area contributed by atoms with Crippen molar-refractivity contribution in [2.75, 3.05) is 12.9 Å². The molecule has 4 nitrogen and oxygen atoms in total. The van der Waals surface area contributed by atoms with Crippen LogP contribution in [0.1, 0.15) is 17.2 Å². The average molecular weight is 229 g/mol. The largest absolute Gasteiger partial charge is 0.481 e. The molecule has 1 aromatic heterocycles. The number of pyridine rings is 1. The number of hydrogen-bond donors (Lipinski definition) is 3. The van der Waals surface area contributed by atoms with Crippen molar-refractivity contribution in [2.45, 2.75) is 19.1 Å². The van der Waals surface area contributed by atoms with Crippen molar-refractivity contribution in [3.63, 3.8) is 0 Å². The Kier molecular flexibility index (Phi) is 4.38. The zero-order valence-corrected chi connectivity index (χ0v) is 9.61. The second kappa shape index (κ2) is 5.34. The summed E-state index contributed by atoms with van der Waals surface area (Å²) in [5.41, 5.74) is 1.38. The predicted octanol–water partition coefficient (Wildman–Crippen LogP) is 0.723. The minimum absolute atomic E-state index is 0.201. The van der Waals surface area contributed by atoms with Gasteiger partial charge in [-0.25, -0.2) is 4.98 Å². The SMILES string of the molecule is COc1ncc(C(O)C(O)CS)cc1C. The van der Waals surface area contributed by atoms with E-state index >= 15 is 0 Å². The molecule has 0 bridgehead atoms. The van der Waals surface area contributed by atoms with E-state index in [2.05, 4.69) is 17.6 Å². The molecular formula is C10H15NO3S. The Bertz CT molecular complexity index is 332. The van der Waals surface area contributed by atoms with Crippen LogP contribution >= 0.6 is 12.6 Å². The minimum Gasteiger partial charge on any atom is -0.481 e. The highest BCUT2D eigenvalue weighted by Crippen LogP contribution is 2.22. The molecule has 0 saturated heterocycles. The Balaban J connectivity index is 2.92. The van der Waals surface area contributed by atoms with Gasteiger partial charge in [0.05, 0.1) is 13.2 Å². The van der Waals surface area contributed by atoms with Gasteiger partial charge in [0.2, 0.25) is 5.88 Å². The number of thiol groups is 1. The third-order valence-corrected chi connectivity index (χ3v) is 2.51. The van der Waals surface area contributed by atoms with Crippen molar-refractivity contribution in [3.05, 3.63) is 23.4 Å². The van der Waals surface area contributed by atoms with Crippen LogP contribution in [0.25, 0.3) is 0 Å². The van der Waals surface area contributed by atoms with E-state index in [9.17, 15) is 10.2 Å². The molecule has 0 aliphatic carbocycles. The maximum absolute atomic E-state index is 9.70. The molecule has 1 rings (SSSR count). The Morgan fingerprint density at radius 2 is 2.20 bits per heavy atom. The molecule has 0 radical (unpaired) electrons. The van der Waals surface area contributed by atoms with Crippen molar-refractivity contribution >= 4 is 12.6 Å². The molecule has 84 valence electrons. The third-order valence-electron chi connectivity index (χ3n) is 2.14. The van der Waals surface area contributed by atoms with E-state index in [1.807, 2.05) is 6.92 Å². The first-order chi connectivity index (χ1) is 7.10. The molecule has 0 amide bonds. The van der Waals surface area contributed by atoms with Crippen LogP contribution in [0.3, 0.4) is 0 Å². The van der Waals surface area contributed by atoms with Gasteiger partial charge in [0, 0.05) is 23.1 Å². The van der Waals surface area contributed by atoms with E-state index in [4.69, 9.17) is 4.74 Å². The number of rotatable bonds is 4. The number of methoxy groups -OCH3 is 1. The second-order valence-corrected chi connectivity index (χ2v) is 3.65. The molecule has 0 spiro atoms. The summed E-state index contributed by atoms with van der Waals surface area (Å²) >= 11 is 3.91. The first-order valence-corrected chi connectivity index (χ1v) is 5.21. The van der Waals surface area contributed by atoms with Crippen molar-refractivity contribution in [1.29, 1.82) is 0 Å². The van der Waals surface area contributed by atoms with Crippen molar-refractivity contribution < 1.29 is 14.9 Å². The number of nitrogens with zero attached hydrogens (tertiary/aromatic N) is 1. The van der Waals surface area contributed by atoms with Crippen LogP contribution in [0.4, 0.5) is 0 Å². The quantitative estimate of drug-likeness (QED) is 0.666. The molecule has 0 aromatic carbocycles. The Morgan fingerprint density at radius 1 is 1.53 bits per heavy atom. The van der Waals surface area contributed by atoms with E-state index in [0.717, 1.165) is 5.56 Å². The number of aliphatic hydroxyl groups excluding tert-OH is 2. The zero-order chi connectivity index (χ0) is 11.4. The van der Waals surface area contributed by atoms with Gasteiger partial charge in [-0.15, -0.1) is 0 Å². The van der Waals surface area contributed by atoms with Crippen LogP contribution in [0.15, 0.2) is 12.3 Å². The van der Waals surface area contributed by atoms with Gasteiger partial charge >= 0.3 is 0 Å². The fourth-order valence-corrected chi connectivity index (χ4v) is 1.48. The summed E-state index contributed by atoms with van der Waals surface area (Å²) in [5, 5.41) is 19.1. The zero-order valence-electron chi connectivity index (χ0n) is 8.71. The predicted molar refractivity (Wildman–Crippen MR) is 60.3 cm³/mol. The molecule has 1 aromatic rings. The summed E-state index contributed by atoms with van der Waals surface area (Å²) in [7, 11) is 1.54. The number of aromatic nitrogens is 1. The van der Waals surface area contributed by atoms with Crippen LogP contribution in [0.2, 0.25) is 0 Å². The van der Waals surface area contributed by atoms with Crippen molar-refractivity contribution in [1.82, 2.24) is 4.98 Å². The maximum atomic E-state index is 9.70. The summed E-state index contributed by atoms with van der Waals surface area (Å²) in [6.45, 7) is 1.83. The van der Waals surface area contributed by atoms with E-state index in [1.54, 1.807) is 6.07 Å². The number of ether oxygens (including phenoxy) is 1. The second-order valence-electron chi connectivity index (χ2n) is 3.29. The molecular weight excluding hydrogens is 214 g/mol. The lowest BCUT2D eigenvalue weighted by atomic mass is 10.1. The van der Waals surface area contributed by atoms with Gasteiger partial charge in [0.25, 0.3) is 0 Å². The fourth-order valence-electron chi connectivity index (χ4n) is 1.28. The molecule has 0 aliphatic rings. The Hall–Kier alpha value is -0.780. The van der Waals surface area contributed by atoms with E-state index in [-0.39, 0.29) is 5.75 Å². The first kappa shape index (κ1) is 12.3. The molecule has 0 aliphatic heterocycles. The van der Waals surface area contributed by atoms with Crippen LogP contribution in [0.5, 0.6) is 5.88 Å². The average Bonchev–Trinajstić information content (AvgIpc) is 2.26. The van der Waals surface area contributed by atoms with E-state index in [0.29, 0.717) is 11.4 Å². The third kappa shape index (κ3) is 2.84. The lowest BCUT2D eigenvalue weighted by Crippen LogP contribution is -2.20. The van der Waals surface area contributed by atoms with Gasteiger partial charge < -0.3 is 14.9 Å². The highest BCUT2D eigenvalue weighted by molar-refractivity contribution is 7.80. The van der Waals surface area contributed by atoms with E-state index in [1.165, 1.54) is 13.3 Å². The van der Waals surface area contributed by atoms with Crippen LogP contribution in [0, 0.1) is 6.92 Å². The summed E-state index contributed by atoms with van der Waals surface area (Å²) in [5.74, 6) is 0.720. The van der Waals surface area contributed by atoms with Crippen molar-refractivity contribution in [2.24, 2.45) is 0 Å². The first-order valence-electron chi connectivity index (χ1n) is 4.57. The van der Waals surface area contributed by atoms with Gasteiger partial charge in [0.1, 0.15) is 6.10 Å². The highest BCUT2D eigenvalue weighted by atomic mass is 32.1. The molecule has 2 atom stereocenters. The van der Waals surface area contributed by atoms with Gasteiger partial charge in [-0.3, -0.25) is 0 Å². The lowest BCUT2D eigenvalue weighted by molar-refractivity contribution is 0.0334. The summed E-state index contributed by atoms with van der Waals surface area (Å²) in [6.07, 6.45) is -0.356. The molecule has 2 unspecified atom stereocenters. The minimum atomic E-state index is -0.959. The molecule has 2 N–H and O–H groups in total. The van der Waals surface area contributed by atoms with Crippen molar-refractivity contribution in [3.8, 4) is 5.88 Å². The summed E-state index contributed by atoms with van der Waals surface area (Å²) in [6, 6.07) is 1.74. The summed E-state index contributed by atoms with van der Waals surface area (Å²) in [4.78, 5) is 4.02. The van der Waals surface area contributed by atoms with Gasteiger partial charge in [-0.1, -0.05) is 0 Å². The standard InChI is InChI=1S/C10H15NO3S/c1-6-3-7(4-11-10(6)14-2)9(13)8(12)5-15/h3-4,8-9,12-13,15H,5H2,1-2H3. The van der Waals surface area contributed by atoms with Gasteiger partial charge in [-0.2, -0.15) is 12.6 Å². The van der Waals surface area contributed by atoms with Gasteiger partial charge in [-0.05, 0) is 13.0 Å². The highest BCUT2D eigenvalue weighted by Gasteiger charge is 2.18. The number of aryl methyl sites for hydroxylation is 1. The monoisotopic (exact) mass is 229 g/mol. The van der Waals surface area contributed by atoms with E-state index < -0.39 is 12.2 Å². The lowest BCUT2D eigenvalue weighted by Gasteiger charge is -2.16. The Morgan fingerprint density at radius 3 is 2.67 bits per heavy atom. The molecule has 15 heavy (non-hydrogen) atoms. The number of aliphatic hydroxyl groups is 2. The maximum Gasteiger partial charge on any atom is 0.215 e. The smallest absolute Gasteiger partial charge is 0.215 e. The number of hydrogen-bond acceptors (Lipinski definition) is 5. The molecule has 0 fully saturated rings. The van der Waals surface area contributed by atoms with Crippen LogP contribution in [-0.2, 0) is 0 Å². The normalized spacial score (nSPS) is 14.7. The Labute approximate surface area is 94.3 Å². The van der Waals surface area contributed by atoms with Crippen LogP contribution < -0.4 is 4.74 Å². The molecule has 0 saturated carbocycles. The fraction of sp³-hybridized carbons (Fsp3) is 0.500. The van der Waals surface area contributed by atoms with Gasteiger partial charge in [0.15, 0.2) is 0 Å².